The second-order valence-electron chi connectivity index (χ2n) is 4.71. The molecule has 2 heterocycles. The van der Waals surface area contributed by atoms with Crippen LogP contribution in [0.5, 0.6) is 0 Å². The molecule has 0 aromatic carbocycles. The lowest BCUT2D eigenvalue weighted by Crippen LogP contribution is -2.36. The van der Waals surface area contributed by atoms with Crippen molar-refractivity contribution in [2.75, 3.05) is 13.1 Å². The van der Waals surface area contributed by atoms with Crippen LogP contribution in [0.2, 0.25) is 0 Å². The first kappa shape index (κ1) is 10.5. The third kappa shape index (κ3) is 2.23. The van der Waals surface area contributed by atoms with E-state index in [4.69, 9.17) is 0 Å². The van der Waals surface area contributed by atoms with Gasteiger partial charge in [-0.1, -0.05) is 17.2 Å². The first-order valence-corrected chi connectivity index (χ1v) is 6.24. The van der Waals surface area contributed by atoms with E-state index < -0.39 is 0 Å². The number of pyridine rings is 1. The molecule has 1 aromatic heterocycles. The summed E-state index contributed by atoms with van der Waals surface area (Å²) in [7, 11) is 0. The lowest BCUT2D eigenvalue weighted by molar-refractivity contribution is 0.0737. The minimum atomic E-state index is 0.0745. The van der Waals surface area contributed by atoms with E-state index in [0.717, 1.165) is 25.9 Å². The lowest BCUT2D eigenvalue weighted by atomic mass is 10.0. The van der Waals surface area contributed by atoms with E-state index in [1.807, 2.05) is 17.0 Å². The normalized spacial score (nSPS) is 19.4. The van der Waals surface area contributed by atoms with Gasteiger partial charge in [-0.25, -0.2) is 0 Å². The Kier molecular flexibility index (Phi) is 2.67. The first-order valence-electron chi connectivity index (χ1n) is 6.24. The van der Waals surface area contributed by atoms with E-state index in [1.165, 1.54) is 12.8 Å². The van der Waals surface area contributed by atoms with Crippen LogP contribution in [0, 0.1) is 0 Å². The summed E-state index contributed by atoms with van der Waals surface area (Å²) in [5, 5.41) is 0. The number of nitrogens with zero attached hydrogens (tertiary/aromatic N) is 2. The molecule has 0 atom stereocenters. The fourth-order valence-electron chi connectivity index (χ4n) is 2.40. The standard InChI is InChI=1S/C14H16N2O/c17-14(13-3-1-2-8-15-13)16-9-6-12(7-10-16)11-4-5-11/h1-3,8H,4-7,9-10H2. The highest BCUT2D eigenvalue weighted by molar-refractivity contribution is 5.92. The zero-order valence-corrected chi connectivity index (χ0v) is 9.85. The summed E-state index contributed by atoms with van der Waals surface area (Å²) in [5.41, 5.74) is 3.82. The van der Waals surface area contributed by atoms with Gasteiger partial charge in [0.2, 0.25) is 0 Å². The lowest BCUT2D eigenvalue weighted by Gasteiger charge is -2.28. The van der Waals surface area contributed by atoms with Gasteiger partial charge in [0.15, 0.2) is 0 Å². The summed E-state index contributed by atoms with van der Waals surface area (Å²) >= 11 is 0. The highest BCUT2D eigenvalue weighted by Gasteiger charge is 2.25. The van der Waals surface area contributed by atoms with E-state index >= 15 is 0 Å². The Balaban J connectivity index is 1.67. The zero-order valence-electron chi connectivity index (χ0n) is 9.85. The SMILES string of the molecule is O=C(c1ccccn1)N1CCC(=C2CC2)CC1. The van der Waals surface area contributed by atoms with E-state index in [2.05, 4.69) is 4.98 Å². The van der Waals surface area contributed by atoms with Crippen LogP contribution in [0.3, 0.4) is 0 Å². The number of hydrogen-bond donors (Lipinski definition) is 0. The number of likely N-dealkylation sites (tertiary alicyclic amines) is 1. The van der Waals surface area contributed by atoms with E-state index in [-0.39, 0.29) is 5.91 Å². The smallest absolute Gasteiger partial charge is 0.272 e. The molecule has 0 spiro atoms. The Hall–Kier alpha value is -1.64. The van der Waals surface area contributed by atoms with Crippen LogP contribution in [-0.2, 0) is 0 Å². The van der Waals surface area contributed by atoms with E-state index in [9.17, 15) is 4.79 Å². The Morgan fingerprint density at radius 2 is 1.76 bits per heavy atom. The number of rotatable bonds is 1. The Labute approximate surface area is 101 Å². The van der Waals surface area contributed by atoms with Crippen molar-refractivity contribution >= 4 is 5.91 Å². The van der Waals surface area contributed by atoms with Gasteiger partial charge in [0.05, 0.1) is 0 Å². The van der Waals surface area contributed by atoms with Crippen molar-refractivity contribution in [3.05, 3.63) is 41.2 Å². The predicted octanol–water partition coefficient (Wildman–Crippen LogP) is 2.41. The van der Waals surface area contributed by atoms with Gasteiger partial charge in [-0.05, 0) is 37.8 Å². The van der Waals surface area contributed by atoms with Gasteiger partial charge in [-0.3, -0.25) is 9.78 Å². The second kappa shape index (κ2) is 4.32. The summed E-state index contributed by atoms with van der Waals surface area (Å²) in [6.07, 6.45) is 6.39. The molecule has 1 aliphatic carbocycles. The molecule has 3 heteroatoms. The molecule has 17 heavy (non-hydrogen) atoms. The molecule has 3 rings (SSSR count). The molecular weight excluding hydrogens is 212 g/mol. The third-order valence-electron chi connectivity index (χ3n) is 3.54. The van der Waals surface area contributed by atoms with Crippen molar-refractivity contribution in [2.45, 2.75) is 25.7 Å². The van der Waals surface area contributed by atoms with Crippen LogP contribution in [-0.4, -0.2) is 28.9 Å². The van der Waals surface area contributed by atoms with Crippen LogP contribution in [0.1, 0.15) is 36.2 Å². The fraction of sp³-hybridized carbons (Fsp3) is 0.429. The molecule has 0 N–H and O–H groups in total. The molecule has 1 amide bonds. The first-order chi connectivity index (χ1) is 8.34. The fourth-order valence-corrected chi connectivity index (χ4v) is 2.40. The second-order valence-corrected chi connectivity index (χ2v) is 4.71. The highest BCUT2D eigenvalue weighted by Crippen LogP contribution is 2.36. The molecule has 2 fully saturated rings. The van der Waals surface area contributed by atoms with Crippen LogP contribution < -0.4 is 0 Å². The van der Waals surface area contributed by atoms with Gasteiger partial charge < -0.3 is 4.90 Å². The number of allylic oxidation sites excluding steroid dienone is 1. The topological polar surface area (TPSA) is 33.2 Å². The molecule has 1 aliphatic heterocycles. The molecule has 3 nitrogen and oxygen atoms in total. The molecular formula is C14H16N2O. The molecule has 0 bridgehead atoms. The number of piperidine rings is 1. The maximum Gasteiger partial charge on any atom is 0.272 e. The van der Waals surface area contributed by atoms with Crippen molar-refractivity contribution < 1.29 is 4.79 Å². The number of carbonyl (C=O) groups is 1. The molecule has 0 unspecified atom stereocenters. The summed E-state index contributed by atoms with van der Waals surface area (Å²) in [6.45, 7) is 1.71. The molecule has 2 aliphatic rings. The molecule has 1 saturated carbocycles. The number of aromatic nitrogens is 1. The monoisotopic (exact) mass is 228 g/mol. The zero-order chi connectivity index (χ0) is 11.7. The minimum Gasteiger partial charge on any atom is -0.337 e. The van der Waals surface area contributed by atoms with Crippen molar-refractivity contribution in [1.29, 1.82) is 0 Å². The summed E-state index contributed by atoms with van der Waals surface area (Å²) in [5.74, 6) is 0.0745. The molecule has 1 saturated heterocycles. The number of amides is 1. The Morgan fingerprint density at radius 1 is 1.06 bits per heavy atom. The average molecular weight is 228 g/mol. The van der Waals surface area contributed by atoms with Gasteiger partial charge in [-0.2, -0.15) is 0 Å². The van der Waals surface area contributed by atoms with E-state index in [1.54, 1.807) is 23.4 Å². The van der Waals surface area contributed by atoms with Crippen LogP contribution in [0.15, 0.2) is 35.5 Å². The number of hydrogen-bond acceptors (Lipinski definition) is 2. The molecule has 1 aromatic rings. The largest absolute Gasteiger partial charge is 0.337 e. The van der Waals surface area contributed by atoms with Crippen LogP contribution >= 0.6 is 0 Å². The van der Waals surface area contributed by atoms with Gasteiger partial charge >= 0.3 is 0 Å². The summed E-state index contributed by atoms with van der Waals surface area (Å²) in [6, 6.07) is 5.49. The van der Waals surface area contributed by atoms with Gasteiger partial charge in [0.25, 0.3) is 5.91 Å². The summed E-state index contributed by atoms with van der Waals surface area (Å²) < 4.78 is 0. The minimum absolute atomic E-state index is 0.0745. The van der Waals surface area contributed by atoms with Crippen molar-refractivity contribution in [3.63, 3.8) is 0 Å². The maximum absolute atomic E-state index is 12.1. The third-order valence-corrected chi connectivity index (χ3v) is 3.54. The van der Waals surface area contributed by atoms with Crippen LogP contribution in [0.4, 0.5) is 0 Å². The van der Waals surface area contributed by atoms with Crippen LogP contribution in [0.25, 0.3) is 0 Å². The van der Waals surface area contributed by atoms with Crippen molar-refractivity contribution in [1.82, 2.24) is 9.88 Å². The molecule has 0 radical (unpaired) electrons. The average Bonchev–Trinajstić information content (AvgIpc) is 3.24. The van der Waals surface area contributed by atoms with Crippen molar-refractivity contribution in [3.8, 4) is 0 Å². The maximum atomic E-state index is 12.1. The molecule has 88 valence electrons. The predicted molar refractivity (Wildman–Crippen MR) is 65.6 cm³/mol. The Bertz CT molecular complexity index is 448. The van der Waals surface area contributed by atoms with Crippen molar-refractivity contribution in [2.24, 2.45) is 0 Å². The highest BCUT2D eigenvalue weighted by atomic mass is 16.2. The Morgan fingerprint density at radius 3 is 2.35 bits per heavy atom. The quantitative estimate of drug-likeness (QED) is 0.691. The van der Waals surface area contributed by atoms with Gasteiger partial charge in [0, 0.05) is 19.3 Å². The van der Waals surface area contributed by atoms with E-state index in [0.29, 0.717) is 5.69 Å². The number of carbonyl (C=O) groups excluding carboxylic acids is 1. The summed E-state index contributed by atoms with van der Waals surface area (Å²) in [4.78, 5) is 18.2. The van der Waals surface area contributed by atoms with Gasteiger partial charge in [-0.15, -0.1) is 0 Å². The van der Waals surface area contributed by atoms with Gasteiger partial charge in [0.1, 0.15) is 5.69 Å².